The maximum Gasteiger partial charge on any atom is 0.249 e. The summed E-state index contributed by atoms with van der Waals surface area (Å²) in [5.74, 6) is 0.886. The molecule has 15 heavy (non-hydrogen) atoms. The minimum Gasteiger partial charge on any atom is -0.368 e. The number of ether oxygens (including phenoxy) is 1. The lowest BCUT2D eigenvalue weighted by Crippen LogP contribution is -2.42. The Balaban J connectivity index is 1.76. The van der Waals surface area contributed by atoms with Gasteiger partial charge in [-0.2, -0.15) is 0 Å². The van der Waals surface area contributed by atoms with E-state index in [0.717, 1.165) is 44.6 Å². The minimum atomic E-state index is -0.172. The van der Waals surface area contributed by atoms with Crippen molar-refractivity contribution in [3.63, 3.8) is 0 Å². The smallest absolute Gasteiger partial charge is 0.249 e. The Morgan fingerprint density at radius 1 is 1.27 bits per heavy atom. The molecule has 86 valence electrons. The van der Waals surface area contributed by atoms with Gasteiger partial charge in [0.25, 0.3) is 0 Å². The van der Waals surface area contributed by atoms with Crippen molar-refractivity contribution in [2.24, 2.45) is 5.92 Å². The Hall–Kier alpha value is -0.570. The molecule has 2 rings (SSSR count). The van der Waals surface area contributed by atoms with Crippen molar-refractivity contribution in [1.82, 2.24) is 5.32 Å². The van der Waals surface area contributed by atoms with E-state index in [1.165, 1.54) is 6.42 Å². The van der Waals surface area contributed by atoms with Gasteiger partial charge < -0.3 is 10.1 Å². The number of amides is 1. The Labute approximate surface area is 91.6 Å². The zero-order valence-electron chi connectivity index (χ0n) is 9.50. The van der Waals surface area contributed by atoms with Gasteiger partial charge in [-0.05, 0) is 44.4 Å². The Bertz CT molecular complexity index is 224. The van der Waals surface area contributed by atoms with Crippen molar-refractivity contribution in [3.8, 4) is 0 Å². The van der Waals surface area contributed by atoms with E-state index < -0.39 is 0 Å². The van der Waals surface area contributed by atoms with Gasteiger partial charge in [0.05, 0.1) is 0 Å². The van der Waals surface area contributed by atoms with Gasteiger partial charge in [0.15, 0.2) is 0 Å². The molecule has 2 aliphatic rings. The molecule has 3 heteroatoms. The van der Waals surface area contributed by atoms with E-state index in [4.69, 9.17) is 4.74 Å². The second-order valence-electron chi connectivity index (χ2n) is 4.98. The number of carbonyl (C=O) groups is 1. The van der Waals surface area contributed by atoms with Crippen LogP contribution in [0.4, 0.5) is 0 Å². The average molecular weight is 211 g/mol. The topological polar surface area (TPSA) is 38.3 Å². The fourth-order valence-corrected chi connectivity index (χ4v) is 2.58. The van der Waals surface area contributed by atoms with Crippen molar-refractivity contribution in [1.29, 1.82) is 0 Å². The third-order valence-electron chi connectivity index (χ3n) is 3.51. The summed E-state index contributed by atoms with van der Waals surface area (Å²) in [6.45, 7) is 3.00. The van der Waals surface area contributed by atoms with E-state index in [2.05, 4.69) is 12.2 Å². The van der Waals surface area contributed by atoms with Gasteiger partial charge in [0, 0.05) is 12.6 Å². The highest BCUT2D eigenvalue weighted by molar-refractivity contribution is 5.81. The lowest BCUT2D eigenvalue weighted by Gasteiger charge is -2.23. The van der Waals surface area contributed by atoms with Gasteiger partial charge in [0.1, 0.15) is 6.10 Å². The van der Waals surface area contributed by atoms with Crippen molar-refractivity contribution in [2.75, 3.05) is 6.61 Å². The predicted molar refractivity (Wildman–Crippen MR) is 58.5 cm³/mol. The van der Waals surface area contributed by atoms with E-state index >= 15 is 0 Å². The van der Waals surface area contributed by atoms with Gasteiger partial charge in [0.2, 0.25) is 5.91 Å². The van der Waals surface area contributed by atoms with E-state index in [-0.39, 0.29) is 12.0 Å². The first-order chi connectivity index (χ1) is 7.25. The molecule has 1 saturated heterocycles. The zero-order chi connectivity index (χ0) is 10.7. The van der Waals surface area contributed by atoms with E-state index in [0.29, 0.717) is 6.04 Å². The number of rotatable bonds is 2. The molecular formula is C12H21NO2. The maximum absolute atomic E-state index is 11.8. The van der Waals surface area contributed by atoms with Crippen LogP contribution in [0, 0.1) is 5.92 Å². The van der Waals surface area contributed by atoms with Gasteiger partial charge in [-0.25, -0.2) is 0 Å². The molecular weight excluding hydrogens is 190 g/mol. The largest absolute Gasteiger partial charge is 0.368 e. The molecule has 3 nitrogen and oxygen atoms in total. The SMILES string of the molecule is CC1CCC(NC(=O)C2CCCCO2)C1. The molecule has 0 bridgehead atoms. The molecule has 1 N–H and O–H groups in total. The third kappa shape index (κ3) is 2.94. The molecule has 3 unspecified atom stereocenters. The highest BCUT2D eigenvalue weighted by Crippen LogP contribution is 2.25. The molecule has 3 atom stereocenters. The van der Waals surface area contributed by atoms with Gasteiger partial charge in [-0.15, -0.1) is 0 Å². The van der Waals surface area contributed by atoms with E-state index in [1.807, 2.05) is 0 Å². The Morgan fingerprint density at radius 2 is 2.13 bits per heavy atom. The Morgan fingerprint density at radius 3 is 2.73 bits per heavy atom. The first kappa shape index (κ1) is 10.9. The number of hydrogen-bond acceptors (Lipinski definition) is 2. The van der Waals surface area contributed by atoms with Crippen molar-refractivity contribution < 1.29 is 9.53 Å². The first-order valence-corrected chi connectivity index (χ1v) is 6.17. The molecule has 2 fully saturated rings. The molecule has 1 heterocycles. The molecule has 0 aromatic rings. The molecule has 1 aliphatic heterocycles. The third-order valence-corrected chi connectivity index (χ3v) is 3.51. The summed E-state index contributed by atoms with van der Waals surface area (Å²) in [6, 6.07) is 0.401. The van der Waals surface area contributed by atoms with Crippen LogP contribution >= 0.6 is 0 Å². The van der Waals surface area contributed by atoms with Crippen molar-refractivity contribution >= 4 is 5.91 Å². The maximum atomic E-state index is 11.8. The average Bonchev–Trinajstić information content (AvgIpc) is 2.65. The minimum absolute atomic E-state index is 0.119. The van der Waals surface area contributed by atoms with Crippen LogP contribution in [0.3, 0.4) is 0 Å². The van der Waals surface area contributed by atoms with Gasteiger partial charge in [-0.3, -0.25) is 4.79 Å². The standard InChI is InChI=1S/C12H21NO2/c1-9-5-6-10(8-9)13-12(14)11-4-2-3-7-15-11/h9-11H,2-8H2,1H3,(H,13,14). The summed E-state index contributed by atoms with van der Waals surface area (Å²) in [6.07, 6.45) is 6.47. The molecule has 1 saturated carbocycles. The lowest BCUT2D eigenvalue weighted by atomic mass is 10.1. The number of nitrogens with one attached hydrogen (secondary N) is 1. The quantitative estimate of drug-likeness (QED) is 0.757. The van der Waals surface area contributed by atoms with Crippen molar-refractivity contribution in [3.05, 3.63) is 0 Å². The molecule has 0 radical (unpaired) electrons. The molecule has 1 aliphatic carbocycles. The summed E-state index contributed by atoms with van der Waals surface area (Å²) >= 11 is 0. The molecule has 0 aromatic heterocycles. The van der Waals surface area contributed by atoms with Crippen LogP contribution in [-0.4, -0.2) is 24.7 Å². The van der Waals surface area contributed by atoms with Crippen LogP contribution < -0.4 is 5.32 Å². The van der Waals surface area contributed by atoms with Crippen LogP contribution in [0.5, 0.6) is 0 Å². The molecule has 1 amide bonds. The predicted octanol–water partition coefficient (Wildman–Crippen LogP) is 1.86. The number of hydrogen-bond donors (Lipinski definition) is 1. The monoisotopic (exact) mass is 211 g/mol. The fourth-order valence-electron chi connectivity index (χ4n) is 2.58. The van der Waals surface area contributed by atoms with Gasteiger partial charge in [-0.1, -0.05) is 6.92 Å². The summed E-state index contributed by atoms with van der Waals surface area (Å²) in [5, 5.41) is 3.12. The lowest BCUT2D eigenvalue weighted by molar-refractivity contribution is -0.136. The highest BCUT2D eigenvalue weighted by atomic mass is 16.5. The second-order valence-corrected chi connectivity index (χ2v) is 4.98. The van der Waals surface area contributed by atoms with Crippen LogP contribution in [-0.2, 0) is 9.53 Å². The van der Waals surface area contributed by atoms with Crippen LogP contribution in [0.15, 0.2) is 0 Å². The summed E-state index contributed by atoms with van der Waals surface area (Å²) in [7, 11) is 0. The normalized spacial score (nSPS) is 36.5. The molecule has 0 spiro atoms. The van der Waals surface area contributed by atoms with Crippen molar-refractivity contribution in [2.45, 2.75) is 57.6 Å². The number of carbonyl (C=O) groups excluding carboxylic acids is 1. The van der Waals surface area contributed by atoms with Crippen LogP contribution in [0.2, 0.25) is 0 Å². The summed E-state index contributed by atoms with van der Waals surface area (Å²) in [5.41, 5.74) is 0. The summed E-state index contributed by atoms with van der Waals surface area (Å²) in [4.78, 5) is 11.8. The first-order valence-electron chi connectivity index (χ1n) is 6.17. The van der Waals surface area contributed by atoms with Crippen LogP contribution in [0.1, 0.15) is 45.4 Å². The zero-order valence-corrected chi connectivity index (χ0v) is 9.50. The van der Waals surface area contributed by atoms with E-state index in [9.17, 15) is 4.79 Å². The van der Waals surface area contributed by atoms with E-state index in [1.54, 1.807) is 0 Å². The fraction of sp³-hybridized carbons (Fsp3) is 0.917. The second kappa shape index (κ2) is 4.97. The van der Waals surface area contributed by atoms with Gasteiger partial charge >= 0.3 is 0 Å². The summed E-state index contributed by atoms with van der Waals surface area (Å²) < 4.78 is 5.46. The highest BCUT2D eigenvalue weighted by Gasteiger charge is 2.27. The Kier molecular flexibility index (Phi) is 3.62. The molecule has 0 aromatic carbocycles. The van der Waals surface area contributed by atoms with Crippen LogP contribution in [0.25, 0.3) is 0 Å².